The molecule has 4 rings (SSSR count). The molecule has 1 saturated heterocycles. The smallest absolute Gasteiger partial charge is 0.407 e. The average Bonchev–Trinajstić information content (AvgIpc) is 3.14. The maximum absolute atomic E-state index is 12.6. The highest BCUT2D eigenvalue weighted by molar-refractivity contribution is 5.88. The molecule has 0 radical (unpaired) electrons. The van der Waals surface area contributed by atoms with Crippen LogP contribution in [0.3, 0.4) is 0 Å². The maximum Gasteiger partial charge on any atom is 0.428 e. The standard InChI is InChI=1S/C26H33N3O3/c1-19(2)28-16-13-21(14-17-28)22-11-12-23-24(18-22)32-26(31)29(23)25(30)27-15-7-6-10-20-8-4-3-5-9-20/h3-5,8-9,11-12,18-19,21H,6-7,10,13-17H2,1-2H3,(H,27,30). The van der Waals surface area contributed by atoms with Gasteiger partial charge in [0.25, 0.3) is 0 Å². The molecule has 6 nitrogen and oxygen atoms in total. The quantitative estimate of drug-likeness (QED) is 0.543. The zero-order valence-electron chi connectivity index (χ0n) is 19.0. The van der Waals surface area contributed by atoms with E-state index in [0.717, 1.165) is 49.8 Å². The number of hydrogen-bond acceptors (Lipinski definition) is 4. The van der Waals surface area contributed by atoms with E-state index in [1.54, 1.807) is 0 Å². The molecule has 6 heteroatoms. The second-order valence-corrected chi connectivity index (χ2v) is 9.01. The molecule has 1 aromatic heterocycles. The molecular formula is C26H33N3O3. The van der Waals surface area contributed by atoms with Gasteiger partial charge >= 0.3 is 11.8 Å². The molecule has 0 saturated carbocycles. The monoisotopic (exact) mass is 435 g/mol. The largest absolute Gasteiger partial charge is 0.428 e. The Morgan fingerprint density at radius 3 is 2.56 bits per heavy atom. The van der Waals surface area contributed by atoms with E-state index in [4.69, 9.17) is 4.42 Å². The van der Waals surface area contributed by atoms with Crippen LogP contribution in [0.25, 0.3) is 11.1 Å². The molecule has 0 atom stereocenters. The molecule has 0 aliphatic carbocycles. The van der Waals surface area contributed by atoms with E-state index in [2.05, 4.69) is 36.2 Å². The molecule has 1 aliphatic heterocycles. The third kappa shape index (κ3) is 5.13. The van der Waals surface area contributed by atoms with Gasteiger partial charge in [-0.1, -0.05) is 36.4 Å². The fourth-order valence-corrected chi connectivity index (χ4v) is 4.60. The summed E-state index contributed by atoms with van der Waals surface area (Å²) >= 11 is 0. The van der Waals surface area contributed by atoms with Crippen LogP contribution in [0.15, 0.2) is 57.7 Å². The highest BCUT2D eigenvalue weighted by Crippen LogP contribution is 2.30. The van der Waals surface area contributed by atoms with Crippen LogP contribution in [0.5, 0.6) is 0 Å². The first-order valence-electron chi connectivity index (χ1n) is 11.7. The third-order valence-electron chi connectivity index (χ3n) is 6.55. The number of carbonyl (C=O) groups is 1. The molecular weight excluding hydrogens is 402 g/mol. The number of oxazole rings is 1. The van der Waals surface area contributed by atoms with Crippen molar-refractivity contribution in [3.8, 4) is 0 Å². The van der Waals surface area contributed by atoms with E-state index in [1.165, 1.54) is 11.1 Å². The Balaban J connectivity index is 1.35. The number of unbranched alkanes of at least 4 members (excludes halogenated alkanes) is 1. The van der Waals surface area contributed by atoms with Crippen molar-refractivity contribution >= 4 is 17.1 Å². The molecule has 1 aliphatic rings. The lowest BCUT2D eigenvalue weighted by Crippen LogP contribution is -2.37. The minimum atomic E-state index is -0.631. The van der Waals surface area contributed by atoms with Gasteiger partial charge in [0.05, 0.1) is 5.52 Å². The van der Waals surface area contributed by atoms with Crippen molar-refractivity contribution < 1.29 is 9.21 Å². The molecule has 0 bridgehead atoms. The van der Waals surface area contributed by atoms with Gasteiger partial charge in [0.1, 0.15) is 0 Å². The number of likely N-dealkylation sites (tertiary alicyclic amines) is 1. The van der Waals surface area contributed by atoms with Gasteiger partial charge < -0.3 is 14.6 Å². The van der Waals surface area contributed by atoms with E-state index >= 15 is 0 Å². The number of benzene rings is 2. The first kappa shape index (κ1) is 22.3. The molecule has 32 heavy (non-hydrogen) atoms. The van der Waals surface area contributed by atoms with E-state index in [9.17, 15) is 9.59 Å². The number of nitrogens with zero attached hydrogens (tertiary/aromatic N) is 2. The first-order chi connectivity index (χ1) is 15.5. The van der Waals surface area contributed by atoms with Crippen LogP contribution in [0.4, 0.5) is 4.79 Å². The van der Waals surface area contributed by atoms with Gasteiger partial charge in [0, 0.05) is 12.6 Å². The molecule has 3 aromatic rings. The van der Waals surface area contributed by atoms with Crippen LogP contribution in [-0.2, 0) is 6.42 Å². The Hall–Kier alpha value is -2.86. The van der Waals surface area contributed by atoms with Crippen LogP contribution in [0.2, 0.25) is 0 Å². The summed E-state index contributed by atoms with van der Waals surface area (Å²) in [5.41, 5.74) is 3.49. The number of carbonyl (C=O) groups excluding carboxylic acids is 1. The number of rotatable bonds is 7. The number of piperidine rings is 1. The number of aryl methyl sites for hydroxylation is 1. The molecule has 0 unspecified atom stereocenters. The highest BCUT2D eigenvalue weighted by Gasteiger charge is 2.23. The Morgan fingerprint density at radius 2 is 1.84 bits per heavy atom. The predicted molar refractivity (Wildman–Crippen MR) is 127 cm³/mol. The Labute approximate surface area is 189 Å². The number of hydrogen-bond donors (Lipinski definition) is 1. The first-order valence-corrected chi connectivity index (χ1v) is 11.7. The van der Waals surface area contributed by atoms with Crippen molar-refractivity contribution in [3.63, 3.8) is 0 Å². The highest BCUT2D eigenvalue weighted by atomic mass is 16.4. The SMILES string of the molecule is CC(C)N1CCC(c2ccc3c(c2)oc(=O)n3C(=O)NCCCCc2ccccc2)CC1. The van der Waals surface area contributed by atoms with Gasteiger partial charge in [-0.25, -0.2) is 9.59 Å². The van der Waals surface area contributed by atoms with Crippen molar-refractivity contribution in [2.24, 2.45) is 0 Å². The van der Waals surface area contributed by atoms with Crippen LogP contribution in [0.1, 0.15) is 56.6 Å². The molecule has 2 heterocycles. The molecule has 1 fully saturated rings. The van der Waals surface area contributed by atoms with Gasteiger partial charge in [-0.2, -0.15) is 4.57 Å². The number of aromatic nitrogens is 1. The van der Waals surface area contributed by atoms with E-state index in [0.29, 0.717) is 29.6 Å². The second kappa shape index (κ2) is 10.2. The van der Waals surface area contributed by atoms with Crippen LogP contribution in [0, 0.1) is 0 Å². The van der Waals surface area contributed by atoms with Gasteiger partial charge in [-0.15, -0.1) is 0 Å². The molecule has 2 aromatic carbocycles. The van der Waals surface area contributed by atoms with Crippen molar-refractivity contribution in [2.45, 2.75) is 57.9 Å². The molecule has 1 amide bonds. The second-order valence-electron chi connectivity index (χ2n) is 9.01. The Kier molecular flexibility index (Phi) is 7.10. The summed E-state index contributed by atoms with van der Waals surface area (Å²) in [5.74, 6) is -0.171. The fraction of sp³-hybridized carbons (Fsp3) is 0.462. The lowest BCUT2D eigenvalue weighted by molar-refractivity contribution is 0.172. The lowest BCUT2D eigenvalue weighted by Gasteiger charge is -2.34. The summed E-state index contributed by atoms with van der Waals surface area (Å²) in [5, 5.41) is 2.86. The topological polar surface area (TPSA) is 67.5 Å². The van der Waals surface area contributed by atoms with Gasteiger partial charge in [-0.05, 0) is 88.2 Å². The lowest BCUT2D eigenvalue weighted by atomic mass is 9.89. The predicted octanol–water partition coefficient (Wildman–Crippen LogP) is 4.76. The average molecular weight is 436 g/mol. The number of amides is 1. The van der Waals surface area contributed by atoms with Crippen molar-refractivity contribution in [2.75, 3.05) is 19.6 Å². The summed E-state index contributed by atoms with van der Waals surface area (Å²) < 4.78 is 6.54. The summed E-state index contributed by atoms with van der Waals surface area (Å²) in [7, 11) is 0. The summed E-state index contributed by atoms with van der Waals surface area (Å²) in [6, 6.07) is 16.3. The Bertz CT molecular complexity index is 1090. The van der Waals surface area contributed by atoms with E-state index in [-0.39, 0.29) is 0 Å². The maximum atomic E-state index is 12.6. The zero-order valence-corrected chi connectivity index (χ0v) is 19.0. The fourth-order valence-electron chi connectivity index (χ4n) is 4.60. The number of nitrogens with one attached hydrogen (secondary N) is 1. The number of fused-ring (bicyclic) bond motifs is 1. The van der Waals surface area contributed by atoms with Crippen LogP contribution < -0.4 is 11.1 Å². The zero-order chi connectivity index (χ0) is 22.5. The van der Waals surface area contributed by atoms with Gasteiger partial charge in [0.2, 0.25) is 0 Å². The van der Waals surface area contributed by atoms with Gasteiger partial charge in [-0.3, -0.25) is 0 Å². The van der Waals surface area contributed by atoms with Crippen LogP contribution in [-0.4, -0.2) is 41.2 Å². The molecule has 0 spiro atoms. The normalized spacial score (nSPS) is 15.5. The third-order valence-corrected chi connectivity index (χ3v) is 6.55. The van der Waals surface area contributed by atoms with Crippen molar-refractivity contribution in [1.82, 2.24) is 14.8 Å². The summed E-state index contributed by atoms with van der Waals surface area (Å²) in [4.78, 5) is 27.5. The summed E-state index contributed by atoms with van der Waals surface area (Å²) in [6.07, 6.45) is 5.00. The molecule has 1 N–H and O–H groups in total. The van der Waals surface area contributed by atoms with E-state index in [1.807, 2.05) is 36.4 Å². The van der Waals surface area contributed by atoms with Crippen molar-refractivity contribution in [3.05, 3.63) is 70.2 Å². The van der Waals surface area contributed by atoms with Gasteiger partial charge in [0.15, 0.2) is 5.58 Å². The minimum Gasteiger partial charge on any atom is -0.407 e. The van der Waals surface area contributed by atoms with Crippen molar-refractivity contribution in [1.29, 1.82) is 0 Å². The summed E-state index contributed by atoms with van der Waals surface area (Å²) in [6.45, 7) is 7.16. The van der Waals surface area contributed by atoms with E-state index < -0.39 is 11.8 Å². The minimum absolute atomic E-state index is 0.425. The molecule has 170 valence electrons. The van der Waals surface area contributed by atoms with Crippen LogP contribution >= 0.6 is 0 Å². The Morgan fingerprint density at radius 1 is 1.09 bits per heavy atom.